The predicted molar refractivity (Wildman–Crippen MR) is 122 cm³/mol. The zero-order valence-corrected chi connectivity index (χ0v) is 18.1. The number of thiazole rings is 1. The number of aryl methyl sites for hydroxylation is 1. The molecule has 158 valence electrons. The summed E-state index contributed by atoms with van der Waals surface area (Å²) in [6, 6.07) is 16.0. The number of ether oxygens (including phenoxy) is 3. The summed E-state index contributed by atoms with van der Waals surface area (Å²) >= 11 is 1.51. The molecule has 0 atom stereocenters. The smallest absolute Gasteiger partial charge is 0.316 e. The molecular formula is C23H22N4O3S. The highest BCUT2D eigenvalue weighted by Gasteiger charge is 2.08. The zero-order chi connectivity index (χ0) is 21.5. The molecule has 0 bridgehead atoms. The fraction of sp³-hybridized carbons (Fsp3) is 0.174. The molecular weight excluding hydrogens is 412 g/mol. The van der Waals surface area contributed by atoms with Gasteiger partial charge in [-0.1, -0.05) is 24.3 Å². The summed E-state index contributed by atoms with van der Waals surface area (Å²) in [5, 5.41) is 6.06. The third kappa shape index (κ3) is 5.49. The molecule has 0 spiro atoms. The Hall–Kier alpha value is -3.65. The molecule has 0 saturated carbocycles. The summed E-state index contributed by atoms with van der Waals surface area (Å²) < 4.78 is 16.6. The standard InChI is InChI=1S/C23H22N4O3S/c1-16-8-9-18(12-21(16)30-11-10-29-19-6-4-3-5-7-19)26-23-27-20(15-31-23)17-13-24-22(28-2)25-14-17/h3-9,12-15H,10-11H2,1-2H3,(H,26,27). The summed E-state index contributed by atoms with van der Waals surface area (Å²) in [5.74, 6) is 1.64. The lowest BCUT2D eigenvalue weighted by molar-refractivity contribution is 0.216. The van der Waals surface area contributed by atoms with Gasteiger partial charge >= 0.3 is 6.01 Å². The fourth-order valence-electron chi connectivity index (χ4n) is 2.80. The first-order chi connectivity index (χ1) is 15.2. The monoisotopic (exact) mass is 434 g/mol. The Morgan fingerprint density at radius 2 is 1.74 bits per heavy atom. The van der Waals surface area contributed by atoms with Crippen LogP contribution in [0.15, 0.2) is 66.3 Å². The molecule has 2 aromatic heterocycles. The third-order valence-corrected chi connectivity index (χ3v) is 5.16. The van der Waals surface area contributed by atoms with Crippen LogP contribution in [-0.4, -0.2) is 35.3 Å². The van der Waals surface area contributed by atoms with Gasteiger partial charge in [-0.15, -0.1) is 11.3 Å². The first-order valence-corrected chi connectivity index (χ1v) is 10.6. The van der Waals surface area contributed by atoms with E-state index >= 15 is 0 Å². The van der Waals surface area contributed by atoms with Gasteiger partial charge in [0, 0.05) is 35.1 Å². The second kappa shape index (κ2) is 9.90. The quantitative estimate of drug-likeness (QED) is 0.366. The Morgan fingerprint density at radius 3 is 2.52 bits per heavy atom. The Bertz CT molecular complexity index is 1120. The second-order valence-corrected chi connectivity index (χ2v) is 7.47. The lowest BCUT2D eigenvalue weighted by Gasteiger charge is -2.12. The van der Waals surface area contributed by atoms with Gasteiger partial charge in [-0.25, -0.2) is 15.0 Å². The number of benzene rings is 2. The van der Waals surface area contributed by atoms with Crippen molar-refractivity contribution in [1.29, 1.82) is 0 Å². The number of anilines is 2. The van der Waals surface area contributed by atoms with E-state index in [1.165, 1.54) is 18.4 Å². The van der Waals surface area contributed by atoms with Crippen LogP contribution in [0.4, 0.5) is 10.8 Å². The van der Waals surface area contributed by atoms with E-state index in [4.69, 9.17) is 14.2 Å². The molecule has 4 aromatic rings. The van der Waals surface area contributed by atoms with Crippen LogP contribution in [0.25, 0.3) is 11.3 Å². The fourth-order valence-corrected chi connectivity index (χ4v) is 3.54. The SMILES string of the molecule is COc1ncc(-c2csc(Nc3ccc(C)c(OCCOc4ccccc4)c3)n2)cn1. The van der Waals surface area contributed by atoms with Gasteiger partial charge in [0.1, 0.15) is 24.7 Å². The van der Waals surface area contributed by atoms with Crippen LogP contribution in [-0.2, 0) is 0 Å². The van der Waals surface area contributed by atoms with Crippen molar-refractivity contribution < 1.29 is 14.2 Å². The van der Waals surface area contributed by atoms with Crippen LogP contribution in [0, 0.1) is 6.92 Å². The molecule has 8 heteroatoms. The normalized spacial score (nSPS) is 10.5. The van der Waals surface area contributed by atoms with Gasteiger partial charge in [0.2, 0.25) is 0 Å². The van der Waals surface area contributed by atoms with E-state index in [1.807, 2.05) is 60.8 Å². The second-order valence-electron chi connectivity index (χ2n) is 6.61. The maximum atomic E-state index is 5.92. The minimum atomic E-state index is 0.332. The van der Waals surface area contributed by atoms with Gasteiger partial charge in [0.15, 0.2) is 5.13 Å². The van der Waals surface area contributed by atoms with E-state index < -0.39 is 0 Å². The topological polar surface area (TPSA) is 78.4 Å². The molecule has 7 nitrogen and oxygen atoms in total. The first-order valence-electron chi connectivity index (χ1n) is 9.71. The Kier molecular flexibility index (Phi) is 6.59. The molecule has 4 rings (SSSR count). The molecule has 31 heavy (non-hydrogen) atoms. The van der Waals surface area contributed by atoms with E-state index in [1.54, 1.807) is 12.4 Å². The summed E-state index contributed by atoms with van der Waals surface area (Å²) in [4.78, 5) is 12.9. The van der Waals surface area contributed by atoms with Gasteiger partial charge in [0.25, 0.3) is 0 Å². The highest BCUT2D eigenvalue weighted by molar-refractivity contribution is 7.14. The largest absolute Gasteiger partial charge is 0.490 e. The number of nitrogens with zero attached hydrogens (tertiary/aromatic N) is 3. The molecule has 0 aliphatic carbocycles. The third-order valence-electron chi connectivity index (χ3n) is 4.40. The molecule has 2 heterocycles. The highest BCUT2D eigenvalue weighted by Crippen LogP contribution is 2.29. The molecule has 0 aliphatic heterocycles. The van der Waals surface area contributed by atoms with E-state index in [2.05, 4.69) is 20.3 Å². The molecule has 2 aromatic carbocycles. The summed E-state index contributed by atoms with van der Waals surface area (Å²) in [6.07, 6.45) is 3.39. The molecule has 0 saturated heterocycles. The summed E-state index contributed by atoms with van der Waals surface area (Å²) in [6.45, 7) is 2.95. The molecule has 0 fully saturated rings. The molecule has 0 radical (unpaired) electrons. The van der Waals surface area contributed by atoms with Crippen LogP contribution in [0.5, 0.6) is 17.5 Å². The number of nitrogens with one attached hydrogen (secondary N) is 1. The predicted octanol–water partition coefficient (Wildman–Crippen LogP) is 5.12. The maximum Gasteiger partial charge on any atom is 0.316 e. The Morgan fingerprint density at radius 1 is 0.968 bits per heavy atom. The average molecular weight is 435 g/mol. The summed E-state index contributed by atoms with van der Waals surface area (Å²) in [7, 11) is 1.54. The number of rotatable bonds is 9. The van der Waals surface area contributed by atoms with Crippen LogP contribution >= 0.6 is 11.3 Å². The average Bonchev–Trinajstić information content (AvgIpc) is 3.28. The molecule has 0 amide bonds. The van der Waals surface area contributed by atoms with Gasteiger partial charge in [-0.05, 0) is 30.7 Å². The molecule has 0 unspecified atom stereocenters. The number of para-hydroxylation sites is 1. The van der Waals surface area contributed by atoms with Crippen LogP contribution in [0.1, 0.15) is 5.56 Å². The molecule has 0 aliphatic rings. The number of hydrogen-bond acceptors (Lipinski definition) is 8. The van der Waals surface area contributed by atoms with E-state index in [9.17, 15) is 0 Å². The molecule has 1 N–H and O–H groups in total. The summed E-state index contributed by atoms with van der Waals surface area (Å²) in [5.41, 5.74) is 3.59. The van der Waals surface area contributed by atoms with E-state index in [-0.39, 0.29) is 0 Å². The van der Waals surface area contributed by atoms with Crippen LogP contribution < -0.4 is 19.5 Å². The van der Waals surface area contributed by atoms with Crippen molar-refractivity contribution in [3.63, 3.8) is 0 Å². The van der Waals surface area contributed by atoms with Gasteiger partial charge < -0.3 is 19.5 Å². The highest BCUT2D eigenvalue weighted by atomic mass is 32.1. The van der Waals surface area contributed by atoms with Crippen molar-refractivity contribution >= 4 is 22.2 Å². The Balaban J connectivity index is 1.36. The zero-order valence-electron chi connectivity index (χ0n) is 17.2. The van der Waals surface area contributed by atoms with Crippen molar-refractivity contribution in [3.8, 4) is 28.8 Å². The van der Waals surface area contributed by atoms with Crippen molar-refractivity contribution in [2.24, 2.45) is 0 Å². The number of methoxy groups -OCH3 is 1. The van der Waals surface area contributed by atoms with Crippen LogP contribution in [0.3, 0.4) is 0 Å². The minimum Gasteiger partial charge on any atom is -0.490 e. The maximum absolute atomic E-state index is 5.92. The van der Waals surface area contributed by atoms with Gasteiger partial charge in [0.05, 0.1) is 12.8 Å². The van der Waals surface area contributed by atoms with E-state index in [0.717, 1.165) is 39.1 Å². The van der Waals surface area contributed by atoms with Crippen LogP contribution in [0.2, 0.25) is 0 Å². The lowest BCUT2D eigenvalue weighted by atomic mass is 10.2. The number of aromatic nitrogens is 3. The first kappa shape index (κ1) is 20.6. The minimum absolute atomic E-state index is 0.332. The van der Waals surface area contributed by atoms with Crippen molar-refractivity contribution in [2.75, 3.05) is 25.6 Å². The number of hydrogen-bond donors (Lipinski definition) is 1. The van der Waals surface area contributed by atoms with Crippen molar-refractivity contribution in [3.05, 3.63) is 71.9 Å². The Labute approximate surface area is 184 Å². The van der Waals surface area contributed by atoms with Crippen molar-refractivity contribution in [1.82, 2.24) is 15.0 Å². The lowest BCUT2D eigenvalue weighted by Crippen LogP contribution is -2.09. The van der Waals surface area contributed by atoms with Crippen molar-refractivity contribution in [2.45, 2.75) is 6.92 Å². The van der Waals surface area contributed by atoms with Gasteiger partial charge in [-0.3, -0.25) is 0 Å². The van der Waals surface area contributed by atoms with E-state index in [0.29, 0.717) is 19.2 Å². The van der Waals surface area contributed by atoms with Gasteiger partial charge in [-0.2, -0.15) is 0 Å².